The quantitative estimate of drug-likeness (QED) is 0.168. The number of benzene rings is 7. The highest BCUT2D eigenvalue weighted by molar-refractivity contribution is 7.02. The van der Waals surface area contributed by atoms with Gasteiger partial charge in [0.25, 0.3) is 0 Å². The minimum Gasteiger partial charge on any atom is -0.453 e. The zero-order chi connectivity index (χ0) is 36.0. The van der Waals surface area contributed by atoms with E-state index in [1.807, 2.05) is 60.7 Å². The first-order chi connectivity index (χ1) is 26.5. The highest BCUT2D eigenvalue weighted by Gasteiger charge is 2.38. The SMILES string of the molecule is C[Si]1(C)c2ccccc2N(c2ccc(-c3nc4cc5oc(-c6ccc(N7c8ccccc8Oc8ccccc87)cc6)nc5cc4o3)cc2)c2ccccc21. The van der Waals surface area contributed by atoms with Crippen molar-refractivity contribution in [3.05, 3.63) is 158 Å². The monoisotopic (exact) mass is 716 g/mol. The van der Waals surface area contributed by atoms with Crippen molar-refractivity contribution in [3.63, 3.8) is 0 Å². The van der Waals surface area contributed by atoms with Crippen LogP contribution >= 0.6 is 0 Å². The topological polar surface area (TPSA) is 67.8 Å². The van der Waals surface area contributed by atoms with Crippen LogP contribution in [0.4, 0.5) is 34.1 Å². The maximum atomic E-state index is 6.33. The maximum absolute atomic E-state index is 6.33. The Labute approximate surface area is 312 Å². The number of fused-ring (bicyclic) bond motifs is 6. The number of anilines is 6. The van der Waals surface area contributed by atoms with Crippen LogP contribution in [0.25, 0.3) is 45.1 Å². The van der Waals surface area contributed by atoms with Gasteiger partial charge >= 0.3 is 0 Å². The lowest BCUT2D eigenvalue weighted by molar-refractivity contribution is 0.477. The maximum Gasteiger partial charge on any atom is 0.227 e. The Morgan fingerprint density at radius 3 is 1.30 bits per heavy atom. The molecule has 11 rings (SSSR count). The molecule has 0 saturated carbocycles. The first-order valence-electron chi connectivity index (χ1n) is 18.1. The molecule has 0 radical (unpaired) electrons. The van der Waals surface area contributed by atoms with E-state index in [0.29, 0.717) is 28.5 Å². The molecule has 0 aliphatic carbocycles. The molecule has 0 N–H and O–H groups in total. The van der Waals surface area contributed by atoms with E-state index in [2.05, 4.69) is 120 Å². The van der Waals surface area contributed by atoms with E-state index >= 15 is 0 Å². The second kappa shape index (κ2) is 11.5. The Bertz CT molecular complexity index is 2770. The van der Waals surface area contributed by atoms with Crippen LogP contribution in [-0.2, 0) is 0 Å². The molecule has 0 bridgehead atoms. The summed E-state index contributed by atoms with van der Waals surface area (Å²) < 4.78 is 18.8. The number of oxazole rings is 2. The van der Waals surface area contributed by atoms with E-state index in [1.165, 1.54) is 21.7 Å². The second-order valence-corrected chi connectivity index (χ2v) is 18.6. The molecule has 0 fully saturated rings. The zero-order valence-electron chi connectivity index (χ0n) is 29.5. The number of hydrogen-bond donors (Lipinski definition) is 0. The fourth-order valence-corrected chi connectivity index (χ4v) is 11.0. The van der Waals surface area contributed by atoms with Crippen molar-refractivity contribution in [1.29, 1.82) is 0 Å². The summed E-state index contributed by atoms with van der Waals surface area (Å²) in [5, 5.41) is 2.88. The van der Waals surface area contributed by atoms with Crippen LogP contribution in [-0.4, -0.2) is 18.0 Å². The van der Waals surface area contributed by atoms with Gasteiger partial charge in [0.2, 0.25) is 11.8 Å². The molecular weight excluding hydrogens is 685 g/mol. The second-order valence-electron chi connectivity index (χ2n) is 14.3. The van der Waals surface area contributed by atoms with E-state index < -0.39 is 8.07 Å². The third-order valence-electron chi connectivity index (χ3n) is 10.7. The zero-order valence-corrected chi connectivity index (χ0v) is 30.5. The van der Waals surface area contributed by atoms with Crippen molar-refractivity contribution in [2.24, 2.45) is 0 Å². The Hall–Kier alpha value is -6.90. The summed E-state index contributed by atoms with van der Waals surface area (Å²) in [6.45, 7) is 4.88. The highest BCUT2D eigenvalue weighted by atomic mass is 28.3. The van der Waals surface area contributed by atoms with Gasteiger partial charge in [-0.15, -0.1) is 0 Å². The van der Waals surface area contributed by atoms with Crippen LogP contribution < -0.4 is 24.9 Å². The summed E-state index contributed by atoms with van der Waals surface area (Å²) in [7, 11) is -1.84. The summed E-state index contributed by atoms with van der Waals surface area (Å²) in [5.74, 6) is 2.73. The number of aromatic nitrogens is 2. The molecule has 4 heterocycles. The molecule has 9 aromatic rings. The van der Waals surface area contributed by atoms with Gasteiger partial charge in [0, 0.05) is 46.0 Å². The van der Waals surface area contributed by atoms with Crippen molar-refractivity contribution in [2.45, 2.75) is 13.1 Å². The summed E-state index contributed by atoms with van der Waals surface area (Å²) in [6.07, 6.45) is 0. The van der Waals surface area contributed by atoms with E-state index in [9.17, 15) is 0 Å². The minimum absolute atomic E-state index is 0.537. The molecule has 8 heteroatoms. The van der Waals surface area contributed by atoms with Crippen LogP contribution in [0, 0.1) is 0 Å². The van der Waals surface area contributed by atoms with Gasteiger partial charge in [-0.3, -0.25) is 0 Å². The summed E-state index contributed by atoms with van der Waals surface area (Å²) in [5.41, 5.74) is 11.1. The third-order valence-corrected chi connectivity index (χ3v) is 14.3. The van der Waals surface area contributed by atoms with Gasteiger partial charge in [0.15, 0.2) is 22.7 Å². The van der Waals surface area contributed by atoms with Crippen molar-refractivity contribution in [1.82, 2.24) is 9.97 Å². The van der Waals surface area contributed by atoms with Crippen LogP contribution in [0.3, 0.4) is 0 Å². The average Bonchev–Trinajstić information content (AvgIpc) is 3.83. The standard InChI is InChI=1S/C46H32N4O3Si/c1-54(2)43-17-9-5-13-37(43)50(38-14-6-10-18-44(38)54)32-25-21-30(22-26-32)46-48-34-28-41-33(27-42(34)53-46)47-45(52-41)29-19-23-31(24-20-29)49-35-11-3-7-15-39(35)51-40-16-8-4-12-36(40)49/h3-28H,1-2H3. The molecule has 0 atom stereocenters. The predicted octanol–water partition coefficient (Wildman–Crippen LogP) is 11.5. The molecule has 0 amide bonds. The lowest BCUT2D eigenvalue weighted by Gasteiger charge is -2.41. The molecule has 2 aliphatic rings. The lowest BCUT2D eigenvalue weighted by atomic mass is 10.1. The van der Waals surface area contributed by atoms with Gasteiger partial charge in [-0.1, -0.05) is 73.8 Å². The average molecular weight is 717 g/mol. The van der Waals surface area contributed by atoms with Crippen LogP contribution in [0.1, 0.15) is 0 Å². The van der Waals surface area contributed by atoms with E-state index in [1.54, 1.807) is 0 Å². The number of nitrogens with zero attached hydrogens (tertiary/aromatic N) is 4. The van der Waals surface area contributed by atoms with Crippen molar-refractivity contribution in [3.8, 4) is 34.4 Å². The highest BCUT2D eigenvalue weighted by Crippen LogP contribution is 2.50. The van der Waals surface area contributed by atoms with Gasteiger partial charge in [0.1, 0.15) is 19.1 Å². The Morgan fingerprint density at radius 2 is 0.833 bits per heavy atom. The summed E-state index contributed by atoms with van der Waals surface area (Å²) >= 11 is 0. The number of para-hydroxylation sites is 6. The molecule has 0 spiro atoms. The lowest BCUT2D eigenvalue weighted by Crippen LogP contribution is -2.58. The Balaban J connectivity index is 0.887. The van der Waals surface area contributed by atoms with Gasteiger partial charge in [0.05, 0.1) is 11.4 Å². The molecule has 2 aliphatic heterocycles. The van der Waals surface area contributed by atoms with E-state index in [0.717, 1.165) is 50.9 Å². The third kappa shape index (κ3) is 4.67. The largest absolute Gasteiger partial charge is 0.453 e. The van der Waals surface area contributed by atoms with Gasteiger partial charge in [-0.25, -0.2) is 9.97 Å². The molecule has 7 aromatic carbocycles. The number of ether oxygens (including phenoxy) is 1. The Morgan fingerprint density at radius 1 is 0.444 bits per heavy atom. The minimum atomic E-state index is -1.84. The fourth-order valence-electron chi connectivity index (χ4n) is 8.03. The first-order valence-corrected chi connectivity index (χ1v) is 21.1. The fraction of sp³-hybridized carbons (Fsp3) is 0.0435. The van der Waals surface area contributed by atoms with E-state index in [-0.39, 0.29) is 0 Å². The molecule has 258 valence electrons. The summed E-state index contributed by atoms with van der Waals surface area (Å²) in [6, 6.07) is 54.3. The van der Waals surface area contributed by atoms with E-state index in [4.69, 9.17) is 23.5 Å². The van der Waals surface area contributed by atoms with Crippen molar-refractivity contribution >= 4 is 74.8 Å². The number of hydrogen-bond acceptors (Lipinski definition) is 7. The van der Waals surface area contributed by atoms with Crippen molar-refractivity contribution in [2.75, 3.05) is 9.80 Å². The number of rotatable bonds is 4. The molecule has 0 saturated heterocycles. The molecule has 54 heavy (non-hydrogen) atoms. The Kier molecular flexibility index (Phi) is 6.57. The molecular formula is C46H32N4O3Si. The predicted molar refractivity (Wildman–Crippen MR) is 219 cm³/mol. The van der Waals surface area contributed by atoms with Crippen molar-refractivity contribution < 1.29 is 13.6 Å². The smallest absolute Gasteiger partial charge is 0.227 e. The van der Waals surface area contributed by atoms with Gasteiger partial charge in [-0.05, 0) is 95.3 Å². The van der Waals surface area contributed by atoms with Crippen LogP contribution in [0.5, 0.6) is 11.5 Å². The molecule has 2 aromatic heterocycles. The van der Waals surface area contributed by atoms with Gasteiger partial charge < -0.3 is 23.4 Å². The van der Waals surface area contributed by atoms with Crippen LogP contribution in [0.15, 0.2) is 167 Å². The van der Waals surface area contributed by atoms with Crippen LogP contribution in [0.2, 0.25) is 13.1 Å². The van der Waals surface area contributed by atoms with Gasteiger partial charge in [-0.2, -0.15) is 0 Å². The normalized spacial score (nSPS) is 14.0. The first kappa shape index (κ1) is 30.7. The summed E-state index contributed by atoms with van der Waals surface area (Å²) in [4.78, 5) is 14.3. The molecule has 0 unspecified atom stereocenters. The molecule has 7 nitrogen and oxygen atoms in total.